The SMILES string of the molecule is Cc1cc(Cl)c(NCc2ccccc2C#N)cc1Cl. The highest BCUT2D eigenvalue weighted by Crippen LogP contribution is 2.29. The molecule has 0 fully saturated rings. The van der Waals surface area contributed by atoms with Crippen LogP contribution in [0.2, 0.25) is 10.0 Å². The van der Waals surface area contributed by atoms with Crippen LogP contribution in [0.4, 0.5) is 5.69 Å². The highest BCUT2D eigenvalue weighted by atomic mass is 35.5. The first-order valence-electron chi connectivity index (χ1n) is 5.79. The first-order chi connectivity index (χ1) is 9.11. The van der Waals surface area contributed by atoms with Gasteiger partial charge in [-0.05, 0) is 36.2 Å². The van der Waals surface area contributed by atoms with Crippen LogP contribution in [-0.4, -0.2) is 0 Å². The van der Waals surface area contributed by atoms with Crippen LogP contribution >= 0.6 is 23.2 Å². The van der Waals surface area contributed by atoms with Gasteiger partial charge in [0.2, 0.25) is 0 Å². The third kappa shape index (κ3) is 3.20. The zero-order chi connectivity index (χ0) is 13.8. The Kier molecular flexibility index (Phi) is 4.31. The monoisotopic (exact) mass is 290 g/mol. The maximum absolute atomic E-state index is 9.03. The van der Waals surface area contributed by atoms with Crippen molar-refractivity contribution in [2.75, 3.05) is 5.32 Å². The summed E-state index contributed by atoms with van der Waals surface area (Å²) in [6.45, 7) is 2.44. The van der Waals surface area contributed by atoms with Crippen LogP contribution in [0.5, 0.6) is 0 Å². The van der Waals surface area contributed by atoms with Gasteiger partial charge >= 0.3 is 0 Å². The molecule has 19 heavy (non-hydrogen) atoms. The van der Waals surface area contributed by atoms with E-state index >= 15 is 0 Å². The Balaban J connectivity index is 2.20. The van der Waals surface area contributed by atoms with E-state index in [1.54, 1.807) is 12.1 Å². The molecule has 2 aromatic carbocycles. The van der Waals surface area contributed by atoms with Gasteiger partial charge in [0.05, 0.1) is 22.3 Å². The average Bonchev–Trinajstić information content (AvgIpc) is 2.41. The van der Waals surface area contributed by atoms with E-state index in [0.717, 1.165) is 16.8 Å². The lowest BCUT2D eigenvalue weighted by molar-refractivity contribution is 1.14. The van der Waals surface area contributed by atoms with Gasteiger partial charge in [-0.1, -0.05) is 41.4 Å². The molecule has 0 amide bonds. The van der Waals surface area contributed by atoms with Gasteiger partial charge in [0, 0.05) is 11.6 Å². The Labute approximate surface area is 122 Å². The smallest absolute Gasteiger partial charge is 0.0995 e. The molecule has 2 nitrogen and oxygen atoms in total. The maximum Gasteiger partial charge on any atom is 0.0995 e. The number of aryl methyl sites for hydroxylation is 1. The van der Waals surface area contributed by atoms with E-state index < -0.39 is 0 Å². The van der Waals surface area contributed by atoms with Gasteiger partial charge in [0.25, 0.3) is 0 Å². The highest BCUT2D eigenvalue weighted by molar-refractivity contribution is 6.35. The molecule has 0 aliphatic heterocycles. The third-order valence-electron chi connectivity index (χ3n) is 2.86. The molecule has 0 aliphatic carbocycles. The molecule has 2 aromatic rings. The molecule has 96 valence electrons. The Hall–Kier alpha value is -1.69. The first-order valence-corrected chi connectivity index (χ1v) is 6.55. The van der Waals surface area contributed by atoms with Crippen LogP contribution in [-0.2, 0) is 6.54 Å². The maximum atomic E-state index is 9.03. The zero-order valence-electron chi connectivity index (χ0n) is 10.4. The van der Waals surface area contributed by atoms with Crippen molar-refractivity contribution in [2.24, 2.45) is 0 Å². The van der Waals surface area contributed by atoms with Crippen LogP contribution in [0.1, 0.15) is 16.7 Å². The van der Waals surface area contributed by atoms with Gasteiger partial charge in [0.1, 0.15) is 0 Å². The summed E-state index contributed by atoms with van der Waals surface area (Å²) >= 11 is 12.2. The standard InChI is InChI=1S/C15H12Cl2N2/c1-10-6-14(17)15(7-13(10)16)19-9-12-5-3-2-4-11(12)8-18/h2-7,19H,9H2,1H3. The predicted molar refractivity (Wildman–Crippen MR) is 79.7 cm³/mol. The van der Waals surface area contributed by atoms with Gasteiger partial charge in [-0.2, -0.15) is 5.26 Å². The van der Waals surface area contributed by atoms with Crippen molar-refractivity contribution in [3.8, 4) is 6.07 Å². The van der Waals surface area contributed by atoms with Gasteiger partial charge < -0.3 is 5.32 Å². The number of rotatable bonds is 3. The lowest BCUT2D eigenvalue weighted by Crippen LogP contribution is -2.02. The number of hydrogen-bond acceptors (Lipinski definition) is 2. The second kappa shape index (κ2) is 5.97. The second-order valence-corrected chi connectivity index (χ2v) is 5.02. The summed E-state index contributed by atoms with van der Waals surface area (Å²) in [5, 5.41) is 13.5. The molecule has 0 aromatic heterocycles. The fraction of sp³-hybridized carbons (Fsp3) is 0.133. The molecule has 0 spiro atoms. The molecule has 0 bridgehead atoms. The van der Waals surface area contributed by atoms with Crippen LogP contribution in [0, 0.1) is 18.3 Å². The summed E-state index contributed by atoms with van der Waals surface area (Å²) in [6.07, 6.45) is 0. The zero-order valence-corrected chi connectivity index (χ0v) is 11.9. The third-order valence-corrected chi connectivity index (χ3v) is 3.58. The number of anilines is 1. The Morgan fingerprint density at radius 3 is 2.63 bits per heavy atom. The first kappa shape index (κ1) is 13.7. The normalized spacial score (nSPS) is 10.0. The van der Waals surface area contributed by atoms with Crippen molar-refractivity contribution in [3.05, 3.63) is 63.1 Å². The predicted octanol–water partition coefficient (Wildman–Crippen LogP) is 4.79. The molecule has 0 saturated heterocycles. The van der Waals surface area contributed by atoms with E-state index in [2.05, 4.69) is 11.4 Å². The van der Waals surface area contributed by atoms with Crippen molar-refractivity contribution in [1.82, 2.24) is 0 Å². The molecule has 4 heteroatoms. The number of nitriles is 1. The summed E-state index contributed by atoms with van der Waals surface area (Å²) in [7, 11) is 0. The summed E-state index contributed by atoms with van der Waals surface area (Å²) < 4.78 is 0. The second-order valence-electron chi connectivity index (χ2n) is 4.20. The fourth-order valence-electron chi connectivity index (χ4n) is 1.76. The minimum absolute atomic E-state index is 0.531. The van der Waals surface area contributed by atoms with Crippen LogP contribution < -0.4 is 5.32 Å². The molecule has 0 heterocycles. The largest absolute Gasteiger partial charge is 0.380 e. The minimum atomic E-state index is 0.531. The minimum Gasteiger partial charge on any atom is -0.380 e. The van der Waals surface area contributed by atoms with Crippen molar-refractivity contribution in [1.29, 1.82) is 5.26 Å². The molecular weight excluding hydrogens is 279 g/mol. The quantitative estimate of drug-likeness (QED) is 0.882. The topological polar surface area (TPSA) is 35.8 Å². The van der Waals surface area contributed by atoms with Gasteiger partial charge in [-0.15, -0.1) is 0 Å². The van der Waals surface area contributed by atoms with Gasteiger partial charge in [0.15, 0.2) is 0 Å². The van der Waals surface area contributed by atoms with Crippen molar-refractivity contribution in [3.63, 3.8) is 0 Å². The molecule has 0 unspecified atom stereocenters. The van der Waals surface area contributed by atoms with Crippen molar-refractivity contribution in [2.45, 2.75) is 13.5 Å². The summed E-state index contributed by atoms with van der Waals surface area (Å²) in [5.74, 6) is 0. The Bertz CT molecular complexity index is 645. The highest BCUT2D eigenvalue weighted by Gasteiger charge is 2.06. The van der Waals surface area contributed by atoms with Crippen molar-refractivity contribution >= 4 is 28.9 Å². The van der Waals surface area contributed by atoms with E-state index in [9.17, 15) is 0 Å². The Morgan fingerprint density at radius 2 is 1.89 bits per heavy atom. The molecular formula is C15H12Cl2N2. The lowest BCUT2D eigenvalue weighted by atomic mass is 10.1. The molecule has 0 radical (unpaired) electrons. The molecule has 0 atom stereocenters. The van der Waals surface area contributed by atoms with E-state index in [-0.39, 0.29) is 0 Å². The molecule has 0 saturated carbocycles. The van der Waals surface area contributed by atoms with E-state index in [1.807, 2.05) is 31.2 Å². The number of nitrogens with zero attached hydrogens (tertiary/aromatic N) is 1. The summed E-state index contributed by atoms with van der Waals surface area (Å²) in [4.78, 5) is 0. The Morgan fingerprint density at radius 1 is 1.16 bits per heavy atom. The summed E-state index contributed by atoms with van der Waals surface area (Å²) in [6, 6.07) is 13.2. The molecule has 2 rings (SSSR count). The average molecular weight is 291 g/mol. The lowest BCUT2D eigenvalue weighted by Gasteiger charge is -2.11. The number of halogens is 2. The van der Waals surface area contributed by atoms with Gasteiger partial charge in [-0.3, -0.25) is 0 Å². The summed E-state index contributed by atoms with van der Waals surface area (Å²) in [5.41, 5.74) is 3.29. The van der Waals surface area contributed by atoms with Crippen LogP contribution in [0.25, 0.3) is 0 Å². The van der Waals surface area contributed by atoms with Crippen LogP contribution in [0.3, 0.4) is 0 Å². The van der Waals surface area contributed by atoms with E-state index in [4.69, 9.17) is 28.5 Å². The van der Waals surface area contributed by atoms with Crippen molar-refractivity contribution < 1.29 is 0 Å². The number of hydrogen-bond donors (Lipinski definition) is 1. The molecule has 0 aliphatic rings. The van der Waals surface area contributed by atoms with Gasteiger partial charge in [-0.25, -0.2) is 0 Å². The van der Waals surface area contributed by atoms with E-state index in [0.29, 0.717) is 22.2 Å². The van der Waals surface area contributed by atoms with E-state index in [1.165, 1.54) is 0 Å². The molecule has 1 N–H and O–H groups in total. The van der Waals surface area contributed by atoms with Crippen LogP contribution in [0.15, 0.2) is 36.4 Å². The number of benzene rings is 2. The fourth-order valence-corrected chi connectivity index (χ4v) is 2.20. The number of nitrogens with one attached hydrogen (secondary N) is 1.